The Morgan fingerprint density at radius 2 is 0.441 bits per heavy atom. The number of hydrogen-bond acceptors (Lipinski definition) is 3. The number of benzene rings is 12. The van der Waals surface area contributed by atoms with Crippen LogP contribution in [0, 0.1) is 41.5 Å². The third-order valence-corrected chi connectivity index (χ3v) is 20.0. The molecule has 0 fully saturated rings. The van der Waals surface area contributed by atoms with Gasteiger partial charge >= 0.3 is 0 Å². The maximum absolute atomic E-state index is 2.53. The molecule has 0 bridgehead atoms. The van der Waals surface area contributed by atoms with Crippen LogP contribution < -0.4 is 14.7 Å². The SMILES string of the molecule is CCCCCCCCC1(CCCCCCCC)c2cc(C)ccc2-c2ccc(C)cc21.Cc1ccc(N(c2ccccc2)c2ccc(/C=C/c3ccc(/C=C/c4ccc(N(c5ccccc5)c5ccc(C)cc5)cc4)cc3)cc2)cc1.Cc1ccc(N(c2ccccc2)c2ccc(C)cc2)cc1. The second-order valence-electron chi connectivity index (χ2n) is 28.1. The van der Waals surface area contributed by atoms with E-state index in [0.717, 1.165) is 45.3 Å². The number of nitrogens with zero attached hydrogens (tertiary/aromatic N) is 3. The first kappa shape index (κ1) is 72.8. The molecule has 0 unspecified atom stereocenters. The van der Waals surface area contributed by atoms with Crippen LogP contribution in [0.15, 0.2) is 297 Å². The van der Waals surface area contributed by atoms with E-state index in [-0.39, 0.29) is 5.41 Å². The highest BCUT2D eigenvalue weighted by Crippen LogP contribution is 2.55. The van der Waals surface area contributed by atoms with Gasteiger partial charge in [-0.1, -0.05) is 337 Å². The zero-order valence-electron chi connectivity index (χ0n) is 61.8. The largest absolute Gasteiger partial charge is 0.311 e. The molecule has 0 aromatic heterocycles. The number of fused-ring (bicyclic) bond motifs is 3. The maximum atomic E-state index is 2.53. The van der Waals surface area contributed by atoms with Gasteiger partial charge in [0.15, 0.2) is 0 Å². The minimum Gasteiger partial charge on any atom is -0.311 e. The second kappa shape index (κ2) is 36.7. The third-order valence-electron chi connectivity index (χ3n) is 20.0. The van der Waals surface area contributed by atoms with Crippen LogP contribution in [0.4, 0.5) is 51.2 Å². The molecule has 0 aliphatic heterocycles. The van der Waals surface area contributed by atoms with Gasteiger partial charge < -0.3 is 14.7 Å². The Bertz CT molecular complexity index is 4260. The number of unbranched alkanes of at least 4 members (excludes halogenated alkanes) is 10. The summed E-state index contributed by atoms with van der Waals surface area (Å²) in [6, 6.07) is 107. The van der Waals surface area contributed by atoms with E-state index in [0.29, 0.717) is 0 Å². The second-order valence-corrected chi connectivity index (χ2v) is 28.1. The summed E-state index contributed by atoms with van der Waals surface area (Å²) < 4.78 is 0. The predicted molar refractivity (Wildman–Crippen MR) is 445 cm³/mol. The molecule has 3 nitrogen and oxygen atoms in total. The summed E-state index contributed by atoms with van der Waals surface area (Å²) in [5.41, 5.74) is 29.4. The van der Waals surface area contributed by atoms with Gasteiger partial charge in [-0.15, -0.1) is 0 Å². The molecule has 0 saturated carbocycles. The molecule has 12 aromatic carbocycles. The normalized spacial score (nSPS) is 11.9. The molecule has 1 aliphatic rings. The Hall–Kier alpha value is -10.5. The molecule has 516 valence electrons. The first-order chi connectivity index (χ1) is 49.9. The van der Waals surface area contributed by atoms with E-state index in [1.807, 2.05) is 6.07 Å². The molecule has 3 heteroatoms. The Balaban J connectivity index is 0.000000170. The Labute approximate surface area is 612 Å². The van der Waals surface area contributed by atoms with Gasteiger partial charge in [0, 0.05) is 56.6 Å². The fourth-order valence-corrected chi connectivity index (χ4v) is 14.2. The van der Waals surface area contributed by atoms with Gasteiger partial charge in [-0.25, -0.2) is 0 Å². The van der Waals surface area contributed by atoms with Crippen molar-refractivity contribution >= 4 is 75.5 Å². The summed E-state index contributed by atoms with van der Waals surface area (Å²) >= 11 is 0. The van der Waals surface area contributed by atoms with Crippen LogP contribution in [0.5, 0.6) is 0 Å². The van der Waals surface area contributed by atoms with E-state index in [4.69, 9.17) is 0 Å². The van der Waals surface area contributed by atoms with Crippen LogP contribution in [-0.2, 0) is 5.41 Å². The fourth-order valence-electron chi connectivity index (χ4n) is 14.2. The van der Waals surface area contributed by atoms with E-state index in [1.165, 1.54) is 163 Å². The molecule has 12 aromatic rings. The summed E-state index contributed by atoms with van der Waals surface area (Å²) in [5, 5.41) is 0. The lowest BCUT2D eigenvalue weighted by atomic mass is 9.70. The minimum atomic E-state index is 0.234. The first-order valence-electron chi connectivity index (χ1n) is 37.7. The molecule has 1 aliphatic carbocycles. The van der Waals surface area contributed by atoms with E-state index in [2.05, 4.69) is 386 Å². The van der Waals surface area contributed by atoms with E-state index in [9.17, 15) is 0 Å². The van der Waals surface area contributed by atoms with Crippen LogP contribution in [-0.4, -0.2) is 0 Å². The van der Waals surface area contributed by atoms with Gasteiger partial charge in [0.05, 0.1) is 0 Å². The maximum Gasteiger partial charge on any atom is 0.0462 e. The van der Waals surface area contributed by atoms with E-state index < -0.39 is 0 Å². The van der Waals surface area contributed by atoms with Crippen molar-refractivity contribution in [3.63, 3.8) is 0 Å². The van der Waals surface area contributed by atoms with Crippen molar-refractivity contribution in [3.05, 3.63) is 364 Å². The van der Waals surface area contributed by atoms with Crippen molar-refractivity contribution in [2.24, 2.45) is 0 Å². The summed E-state index contributed by atoms with van der Waals surface area (Å²) in [4.78, 5) is 6.86. The zero-order chi connectivity index (χ0) is 70.9. The fraction of sp³-hybridized carbons (Fsp3) is 0.232. The third kappa shape index (κ3) is 19.5. The van der Waals surface area contributed by atoms with Crippen molar-refractivity contribution in [2.45, 2.75) is 151 Å². The predicted octanol–water partition coefficient (Wildman–Crippen LogP) is 29.4. The van der Waals surface area contributed by atoms with Gasteiger partial charge in [-0.3, -0.25) is 0 Å². The smallest absolute Gasteiger partial charge is 0.0462 e. The minimum absolute atomic E-state index is 0.234. The average molecular weight is 1340 g/mol. The highest BCUT2D eigenvalue weighted by atomic mass is 15.2. The quantitative estimate of drug-likeness (QED) is 0.0375. The van der Waals surface area contributed by atoms with Crippen LogP contribution >= 0.6 is 0 Å². The van der Waals surface area contributed by atoms with Crippen molar-refractivity contribution in [1.82, 2.24) is 0 Å². The Morgan fingerprint density at radius 1 is 0.225 bits per heavy atom. The first-order valence-corrected chi connectivity index (χ1v) is 37.7. The van der Waals surface area contributed by atoms with Crippen LogP contribution in [0.25, 0.3) is 35.4 Å². The standard InChI is InChI=1S/C48H40N2.C31H46.C20H19N/c1-37-13-29-45(30-14-37)49(43-9-5-3-6-10-43)47-33-25-41(26-34-47)23-21-39-17-19-40(20-18-39)22-24-42-27-35-48(36-28-42)50(44-11-7-4-8-12-44)46-31-15-38(2)16-32-46;1-5-7-9-11-13-15-21-31(22-16-14-12-10-8-6-2)29-23-25(3)17-19-27(29)28-20-18-26(4)24-30(28)31;1-16-8-12-19(13-9-16)21(18-6-4-3-5-7-18)20-14-10-17(2)11-15-20/h3-36H,1-2H3;17-20,23-24H,5-16,21-22H2,1-4H3;3-15H,1-2H3/b23-21+,24-22+;;. The van der Waals surface area contributed by atoms with Crippen LogP contribution in [0.3, 0.4) is 0 Å². The summed E-state index contributed by atoms with van der Waals surface area (Å²) in [6.45, 7) is 17.6. The lowest BCUT2D eigenvalue weighted by molar-refractivity contribution is 0.397. The number of rotatable bonds is 27. The Kier molecular flexibility index (Phi) is 26.2. The molecule has 0 atom stereocenters. The van der Waals surface area contributed by atoms with Crippen molar-refractivity contribution in [2.75, 3.05) is 14.7 Å². The van der Waals surface area contributed by atoms with Gasteiger partial charge in [-0.2, -0.15) is 0 Å². The van der Waals surface area contributed by atoms with Gasteiger partial charge in [0.1, 0.15) is 0 Å². The lowest BCUT2D eigenvalue weighted by Crippen LogP contribution is -2.25. The summed E-state index contributed by atoms with van der Waals surface area (Å²) in [5.74, 6) is 0. The molecule has 0 radical (unpaired) electrons. The highest BCUT2D eigenvalue weighted by molar-refractivity contribution is 5.84. The molecular weight excluding hydrogens is 1230 g/mol. The molecule has 102 heavy (non-hydrogen) atoms. The monoisotopic (exact) mass is 1340 g/mol. The van der Waals surface area contributed by atoms with E-state index in [1.54, 1.807) is 11.1 Å². The lowest BCUT2D eigenvalue weighted by Gasteiger charge is -2.33. The van der Waals surface area contributed by atoms with Crippen molar-refractivity contribution in [1.29, 1.82) is 0 Å². The molecule has 0 N–H and O–H groups in total. The van der Waals surface area contributed by atoms with Gasteiger partial charge in [0.25, 0.3) is 0 Å². The molecule has 0 amide bonds. The highest BCUT2D eigenvalue weighted by Gasteiger charge is 2.42. The number of anilines is 9. The number of aryl methyl sites for hydroxylation is 6. The Morgan fingerprint density at radius 3 is 0.706 bits per heavy atom. The molecular formula is C99H105N3. The van der Waals surface area contributed by atoms with Crippen LogP contribution in [0.2, 0.25) is 0 Å². The molecule has 0 saturated heterocycles. The van der Waals surface area contributed by atoms with Gasteiger partial charge in [0.2, 0.25) is 0 Å². The molecule has 13 rings (SSSR count). The number of hydrogen-bond donors (Lipinski definition) is 0. The average Bonchev–Trinajstić information content (AvgIpc) is 1.57. The number of para-hydroxylation sites is 3. The summed E-state index contributed by atoms with van der Waals surface area (Å²) in [6.07, 6.45) is 27.9. The topological polar surface area (TPSA) is 9.72 Å². The summed E-state index contributed by atoms with van der Waals surface area (Å²) in [7, 11) is 0. The molecule has 0 spiro atoms. The molecule has 0 heterocycles. The van der Waals surface area contributed by atoms with Gasteiger partial charge in [-0.05, 0) is 208 Å². The van der Waals surface area contributed by atoms with Crippen molar-refractivity contribution < 1.29 is 0 Å². The van der Waals surface area contributed by atoms with E-state index >= 15 is 0 Å². The zero-order valence-corrected chi connectivity index (χ0v) is 61.8. The van der Waals surface area contributed by atoms with Crippen molar-refractivity contribution in [3.8, 4) is 11.1 Å². The van der Waals surface area contributed by atoms with Crippen LogP contribution in [0.1, 0.15) is 171 Å².